The lowest BCUT2D eigenvalue weighted by Crippen LogP contribution is -2.51. The van der Waals surface area contributed by atoms with Gasteiger partial charge in [0.1, 0.15) is 0 Å². The molecular formula is C13H22N2O3. The number of likely N-dealkylation sites (tertiary alicyclic amines) is 1. The van der Waals surface area contributed by atoms with Gasteiger partial charge in [-0.2, -0.15) is 0 Å². The molecule has 0 aromatic carbocycles. The van der Waals surface area contributed by atoms with E-state index in [1.54, 1.807) is 6.92 Å². The maximum atomic E-state index is 12.3. The quantitative estimate of drug-likeness (QED) is 0.761. The molecule has 2 aliphatic rings. The van der Waals surface area contributed by atoms with Crippen molar-refractivity contribution in [2.75, 3.05) is 19.6 Å². The van der Waals surface area contributed by atoms with Crippen LogP contribution in [0.2, 0.25) is 0 Å². The molecule has 2 unspecified atom stereocenters. The van der Waals surface area contributed by atoms with E-state index >= 15 is 0 Å². The van der Waals surface area contributed by atoms with Gasteiger partial charge < -0.3 is 15.3 Å². The Morgan fingerprint density at radius 2 is 1.94 bits per heavy atom. The maximum Gasteiger partial charge on any atom is 0.309 e. The number of carbonyl (C=O) groups is 2. The highest BCUT2D eigenvalue weighted by atomic mass is 16.4. The number of aliphatic carboxylic acids is 1. The molecule has 2 saturated heterocycles. The van der Waals surface area contributed by atoms with Crippen molar-refractivity contribution in [2.24, 2.45) is 11.3 Å². The monoisotopic (exact) mass is 254 g/mol. The summed E-state index contributed by atoms with van der Waals surface area (Å²) in [5, 5.41) is 12.4. The van der Waals surface area contributed by atoms with Gasteiger partial charge in [0, 0.05) is 13.1 Å². The molecule has 5 heteroatoms. The molecule has 2 heterocycles. The Morgan fingerprint density at radius 3 is 2.39 bits per heavy atom. The van der Waals surface area contributed by atoms with Crippen molar-refractivity contribution in [1.29, 1.82) is 0 Å². The van der Waals surface area contributed by atoms with Crippen LogP contribution in [0.1, 0.15) is 33.1 Å². The Bertz CT molecular complexity index is 348. The molecule has 0 radical (unpaired) electrons. The third-order valence-electron chi connectivity index (χ3n) is 4.49. The molecule has 102 valence electrons. The number of hydrogen-bond donors (Lipinski definition) is 2. The van der Waals surface area contributed by atoms with Gasteiger partial charge in [-0.1, -0.05) is 6.92 Å². The van der Waals surface area contributed by atoms with Crippen LogP contribution in [0.15, 0.2) is 0 Å². The number of piperidine rings is 1. The SMILES string of the molecule is CC1CCNC1C(=O)N1CCC(C)(C(=O)O)CC1. The second-order valence-electron chi connectivity index (χ2n) is 5.89. The fraction of sp³-hybridized carbons (Fsp3) is 0.846. The summed E-state index contributed by atoms with van der Waals surface area (Å²) in [4.78, 5) is 25.3. The molecule has 0 bridgehead atoms. The predicted molar refractivity (Wildman–Crippen MR) is 67.1 cm³/mol. The summed E-state index contributed by atoms with van der Waals surface area (Å²) in [6.45, 7) is 5.89. The molecule has 0 aromatic heterocycles. The Balaban J connectivity index is 1.93. The van der Waals surface area contributed by atoms with Crippen LogP contribution in [0.25, 0.3) is 0 Å². The first kappa shape index (κ1) is 13.3. The minimum absolute atomic E-state index is 0.0702. The van der Waals surface area contributed by atoms with Gasteiger partial charge in [-0.05, 0) is 38.6 Å². The van der Waals surface area contributed by atoms with Gasteiger partial charge in [-0.3, -0.25) is 9.59 Å². The van der Waals surface area contributed by atoms with E-state index in [4.69, 9.17) is 5.11 Å². The van der Waals surface area contributed by atoms with Crippen LogP contribution in [-0.2, 0) is 9.59 Å². The Kier molecular flexibility index (Phi) is 3.61. The van der Waals surface area contributed by atoms with E-state index in [0.29, 0.717) is 31.8 Å². The molecule has 18 heavy (non-hydrogen) atoms. The number of nitrogens with zero attached hydrogens (tertiary/aromatic N) is 1. The van der Waals surface area contributed by atoms with E-state index in [2.05, 4.69) is 12.2 Å². The summed E-state index contributed by atoms with van der Waals surface area (Å²) >= 11 is 0. The van der Waals surface area contributed by atoms with E-state index < -0.39 is 11.4 Å². The highest BCUT2D eigenvalue weighted by Gasteiger charge is 2.40. The van der Waals surface area contributed by atoms with Gasteiger partial charge >= 0.3 is 5.97 Å². The standard InChI is InChI=1S/C13H22N2O3/c1-9-3-6-14-10(9)11(16)15-7-4-13(2,5-8-15)12(17)18/h9-10,14H,3-8H2,1-2H3,(H,17,18). The fourth-order valence-electron chi connectivity index (χ4n) is 2.80. The van der Waals surface area contributed by atoms with Crippen molar-refractivity contribution in [1.82, 2.24) is 10.2 Å². The molecular weight excluding hydrogens is 232 g/mol. The van der Waals surface area contributed by atoms with Crippen molar-refractivity contribution in [3.8, 4) is 0 Å². The Morgan fingerprint density at radius 1 is 1.33 bits per heavy atom. The van der Waals surface area contributed by atoms with E-state index in [1.165, 1.54) is 0 Å². The lowest BCUT2D eigenvalue weighted by molar-refractivity contribution is -0.153. The molecule has 2 atom stereocenters. The summed E-state index contributed by atoms with van der Waals surface area (Å²) in [6, 6.07) is -0.0702. The zero-order valence-electron chi connectivity index (χ0n) is 11.1. The highest BCUT2D eigenvalue weighted by molar-refractivity contribution is 5.83. The third-order valence-corrected chi connectivity index (χ3v) is 4.49. The van der Waals surface area contributed by atoms with Crippen LogP contribution < -0.4 is 5.32 Å². The molecule has 0 aromatic rings. The number of carbonyl (C=O) groups excluding carboxylic acids is 1. The smallest absolute Gasteiger partial charge is 0.309 e. The van der Waals surface area contributed by atoms with Gasteiger partial charge in [-0.15, -0.1) is 0 Å². The summed E-state index contributed by atoms with van der Waals surface area (Å²) in [5.74, 6) is -0.223. The lowest BCUT2D eigenvalue weighted by Gasteiger charge is -2.38. The first-order valence-electron chi connectivity index (χ1n) is 6.69. The van der Waals surface area contributed by atoms with Crippen LogP contribution in [-0.4, -0.2) is 47.6 Å². The molecule has 0 aliphatic carbocycles. The molecule has 1 amide bonds. The summed E-state index contributed by atoms with van der Waals surface area (Å²) < 4.78 is 0. The van der Waals surface area contributed by atoms with Crippen molar-refractivity contribution >= 4 is 11.9 Å². The Labute approximate surface area is 108 Å². The van der Waals surface area contributed by atoms with Crippen molar-refractivity contribution in [3.05, 3.63) is 0 Å². The molecule has 2 fully saturated rings. The van der Waals surface area contributed by atoms with Crippen molar-refractivity contribution in [3.63, 3.8) is 0 Å². The molecule has 0 saturated carbocycles. The minimum atomic E-state index is -0.748. The fourth-order valence-corrected chi connectivity index (χ4v) is 2.80. The lowest BCUT2D eigenvalue weighted by atomic mass is 9.80. The van der Waals surface area contributed by atoms with Crippen LogP contribution in [0.3, 0.4) is 0 Å². The van der Waals surface area contributed by atoms with E-state index in [9.17, 15) is 9.59 Å². The number of nitrogens with one attached hydrogen (secondary N) is 1. The van der Waals surface area contributed by atoms with Crippen molar-refractivity contribution in [2.45, 2.75) is 39.2 Å². The van der Waals surface area contributed by atoms with Gasteiger partial charge in [-0.25, -0.2) is 0 Å². The van der Waals surface area contributed by atoms with E-state index in [-0.39, 0.29) is 11.9 Å². The highest BCUT2D eigenvalue weighted by Crippen LogP contribution is 2.31. The predicted octanol–water partition coefficient (Wildman–Crippen LogP) is 0.698. The summed E-state index contributed by atoms with van der Waals surface area (Å²) in [5.41, 5.74) is -0.661. The van der Waals surface area contributed by atoms with Gasteiger partial charge in [0.2, 0.25) is 5.91 Å². The number of hydrogen-bond acceptors (Lipinski definition) is 3. The zero-order valence-corrected chi connectivity index (χ0v) is 11.1. The van der Waals surface area contributed by atoms with Gasteiger partial charge in [0.25, 0.3) is 0 Å². The first-order chi connectivity index (χ1) is 8.44. The molecule has 2 rings (SSSR count). The largest absolute Gasteiger partial charge is 0.481 e. The van der Waals surface area contributed by atoms with E-state index in [0.717, 1.165) is 13.0 Å². The number of amides is 1. The van der Waals surface area contributed by atoms with Crippen LogP contribution in [0.4, 0.5) is 0 Å². The average molecular weight is 254 g/mol. The maximum absolute atomic E-state index is 12.3. The van der Waals surface area contributed by atoms with Gasteiger partial charge in [0.05, 0.1) is 11.5 Å². The van der Waals surface area contributed by atoms with Crippen LogP contribution >= 0.6 is 0 Å². The number of rotatable bonds is 2. The third kappa shape index (κ3) is 2.36. The second kappa shape index (κ2) is 4.88. The number of carboxylic acids is 1. The minimum Gasteiger partial charge on any atom is -0.481 e. The number of carboxylic acid groups (broad SMARTS) is 1. The normalized spacial score (nSPS) is 31.3. The van der Waals surface area contributed by atoms with E-state index in [1.807, 2.05) is 4.90 Å². The topological polar surface area (TPSA) is 69.6 Å². The summed E-state index contributed by atoms with van der Waals surface area (Å²) in [7, 11) is 0. The second-order valence-corrected chi connectivity index (χ2v) is 5.89. The van der Waals surface area contributed by atoms with Crippen molar-refractivity contribution < 1.29 is 14.7 Å². The first-order valence-corrected chi connectivity index (χ1v) is 6.69. The summed E-state index contributed by atoms with van der Waals surface area (Å²) in [6.07, 6.45) is 2.14. The average Bonchev–Trinajstić information content (AvgIpc) is 2.75. The van der Waals surface area contributed by atoms with Crippen LogP contribution in [0.5, 0.6) is 0 Å². The Hall–Kier alpha value is -1.10. The molecule has 2 aliphatic heterocycles. The van der Waals surface area contributed by atoms with Gasteiger partial charge in [0.15, 0.2) is 0 Å². The zero-order chi connectivity index (χ0) is 13.3. The molecule has 5 nitrogen and oxygen atoms in total. The van der Waals surface area contributed by atoms with Crippen LogP contribution in [0, 0.1) is 11.3 Å². The molecule has 0 spiro atoms. The molecule has 2 N–H and O–H groups in total.